The van der Waals surface area contributed by atoms with E-state index in [4.69, 9.17) is 21.1 Å². The second-order valence-corrected chi connectivity index (χ2v) is 3.71. The Morgan fingerprint density at radius 2 is 1.64 bits per heavy atom. The molecule has 0 saturated heterocycles. The highest BCUT2D eigenvalue weighted by atomic mass is 35.5. The summed E-state index contributed by atoms with van der Waals surface area (Å²) in [5, 5.41) is -0.264. The molecule has 3 heteroatoms. The van der Waals surface area contributed by atoms with Gasteiger partial charge in [0, 0.05) is 19.8 Å². The summed E-state index contributed by atoms with van der Waals surface area (Å²) in [7, 11) is 3.19. The Bertz CT molecular complexity index is 268. The lowest BCUT2D eigenvalue weighted by molar-refractivity contribution is -0.214. The van der Waals surface area contributed by atoms with Gasteiger partial charge in [0.15, 0.2) is 0 Å². The molecule has 0 unspecified atom stereocenters. The van der Waals surface area contributed by atoms with E-state index < -0.39 is 5.79 Å². The maximum absolute atomic E-state index is 6.09. The lowest BCUT2D eigenvalue weighted by Crippen LogP contribution is -2.38. The molecule has 78 valence electrons. The van der Waals surface area contributed by atoms with E-state index in [9.17, 15) is 0 Å². The zero-order valence-corrected chi connectivity index (χ0v) is 9.41. The largest absolute Gasteiger partial charge is 0.348 e. The van der Waals surface area contributed by atoms with Gasteiger partial charge in [0.2, 0.25) is 5.79 Å². The fourth-order valence-electron chi connectivity index (χ4n) is 1.54. The average Bonchev–Trinajstić information content (AvgIpc) is 2.22. The first kappa shape index (κ1) is 11.5. The van der Waals surface area contributed by atoms with Crippen LogP contribution in [0.2, 0.25) is 0 Å². The fraction of sp³-hybridized carbons (Fsp3) is 0.455. The molecule has 1 aromatic carbocycles. The summed E-state index contributed by atoms with van der Waals surface area (Å²) >= 11 is 6.09. The predicted molar refractivity (Wildman–Crippen MR) is 57.5 cm³/mol. The van der Waals surface area contributed by atoms with Crippen LogP contribution in [-0.2, 0) is 15.3 Å². The Labute approximate surface area is 89.8 Å². The van der Waals surface area contributed by atoms with Crippen molar-refractivity contribution >= 4 is 11.6 Å². The molecular weight excluding hydrogens is 200 g/mol. The molecule has 0 aliphatic rings. The minimum Gasteiger partial charge on any atom is -0.348 e. The first-order chi connectivity index (χ1) is 6.67. The standard InChI is InChI=1S/C11H15ClO2/c1-9(12)11(13-2,14-3)10-7-5-4-6-8-10/h4-9H,1-3H3/t9-/m0/s1. The van der Waals surface area contributed by atoms with Crippen molar-refractivity contribution in [3.63, 3.8) is 0 Å². The Morgan fingerprint density at radius 1 is 1.14 bits per heavy atom. The number of ether oxygens (including phenoxy) is 2. The normalized spacial score (nSPS) is 14.0. The second-order valence-electron chi connectivity index (χ2n) is 3.06. The number of hydrogen-bond donors (Lipinski definition) is 0. The number of hydrogen-bond acceptors (Lipinski definition) is 2. The summed E-state index contributed by atoms with van der Waals surface area (Å²) in [4.78, 5) is 0. The van der Waals surface area contributed by atoms with Gasteiger partial charge in [-0.15, -0.1) is 11.6 Å². The molecule has 0 amide bonds. The molecule has 0 spiro atoms. The number of alkyl halides is 1. The molecule has 0 saturated carbocycles. The molecule has 2 nitrogen and oxygen atoms in total. The van der Waals surface area contributed by atoms with E-state index in [0.717, 1.165) is 5.56 Å². The van der Waals surface area contributed by atoms with E-state index in [2.05, 4.69) is 0 Å². The van der Waals surface area contributed by atoms with Gasteiger partial charge in [-0.1, -0.05) is 30.3 Å². The lowest BCUT2D eigenvalue weighted by Gasteiger charge is -2.33. The number of benzene rings is 1. The molecule has 0 aromatic heterocycles. The maximum atomic E-state index is 6.09. The SMILES string of the molecule is COC(OC)(c1ccccc1)[C@H](C)Cl. The molecule has 0 radical (unpaired) electrons. The van der Waals surface area contributed by atoms with Crippen LogP contribution in [0.25, 0.3) is 0 Å². The third kappa shape index (κ3) is 1.92. The van der Waals surface area contributed by atoms with Gasteiger partial charge in [0.05, 0.1) is 5.38 Å². The Morgan fingerprint density at radius 3 is 2.00 bits per heavy atom. The monoisotopic (exact) mass is 214 g/mol. The summed E-state index contributed by atoms with van der Waals surface area (Å²) < 4.78 is 10.8. The average molecular weight is 215 g/mol. The summed E-state index contributed by atoms with van der Waals surface area (Å²) in [6.07, 6.45) is 0. The maximum Gasteiger partial charge on any atom is 0.210 e. The smallest absolute Gasteiger partial charge is 0.210 e. The fourth-order valence-corrected chi connectivity index (χ4v) is 1.85. The van der Waals surface area contributed by atoms with Crippen LogP contribution in [0.1, 0.15) is 12.5 Å². The van der Waals surface area contributed by atoms with Crippen LogP contribution in [-0.4, -0.2) is 19.6 Å². The van der Waals surface area contributed by atoms with Crippen LogP contribution in [0.5, 0.6) is 0 Å². The first-order valence-electron chi connectivity index (χ1n) is 4.47. The Hall–Kier alpha value is -0.570. The quantitative estimate of drug-likeness (QED) is 0.567. The number of methoxy groups -OCH3 is 2. The van der Waals surface area contributed by atoms with Crippen molar-refractivity contribution in [1.82, 2.24) is 0 Å². The van der Waals surface area contributed by atoms with Crippen molar-refractivity contribution in [2.75, 3.05) is 14.2 Å². The van der Waals surface area contributed by atoms with Gasteiger partial charge in [0.1, 0.15) is 0 Å². The highest BCUT2D eigenvalue weighted by molar-refractivity contribution is 6.21. The van der Waals surface area contributed by atoms with Crippen LogP contribution < -0.4 is 0 Å². The molecule has 0 bridgehead atoms. The van der Waals surface area contributed by atoms with E-state index in [1.54, 1.807) is 14.2 Å². The molecule has 14 heavy (non-hydrogen) atoms. The Balaban J connectivity index is 3.11. The van der Waals surface area contributed by atoms with Crippen LogP contribution in [0.3, 0.4) is 0 Å². The van der Waals surface area contributed by atoms with Gasteiger partial charge in [-0.05, 0) is 6.92 Å². The van der Waals surface area contributed by atoms with Gasteiger partial charge in [-0.2, -0.15) is 0 Å². The van der Waals surface area contributed by atoms with Crippen molar-refractivity contribution < 1.29 is 9.47 Å². The van der Waals surface area contributed by atoms with E-state index in [1.807, 2.05) is 37.3 Å². The van der Waals surface area contributed by atoms with Gasteiger partial charge in [-0.25, -0.2) is 0 Å². The first-order valence-corrected chi connectivity index (χ1v) is 4.91. The van der Waals surface area contributed by atoms with E-state index in [0.29, 0.717) is 0 Å². The molecule has 0 fully saturated rings. The zero-order chi connectivity index (χ0) is 10.6. The molecule has 1 aromatic rings. The van der Waals surface area contributed by atoms with Crippen LogP contribution in [0.15, 0.2) is 30.3 Å². The van der Waals surface area contributed by atoms with Gasteiger partial charge < -0.3 is 9.47 Å². The molecule has 1 rings (SSSR count). The van der Waals surface area contributed by atoms with Crippen LogP contribution in [0, 0.1) is 0 Å². The lowest BCUT2D eigenvalue weighted by atomic mass is 10.0. The molecule has 0 heterocycles. The predicted octanol–water partition coefficient (Wildman–Crippen LogP) is 2.76. The molecule has 0 aliphatic heterocycles. The third-order valence-corrected chi connectivity index (χ3v) is 2.59. The van der Waals surface area contributed by atoms with Crippen molar-refractivity contribution in [2.24, 2.45) is 0 Å². The van der Waals surface area contributed by atoms with Crippen molar-refractivity contribution in [3.8, 4) is 0 Å². The molecule has 0 aliphatic carbocycles. The van der Waals surface area contributed by atoms with Crippen molar-refractivity contribution in [2.45, 2.75) is 18.1 Å². The summed E-state index contributed by atoms with van der Waals surface area (Å²) in [6, 6.07) is 9.68. The second kappa shape index (κ2) is 4.78. The van der Waals surface area contributed by atoms with E-state index in [1.165, 1.54) is 0 Å². The third-order valence-electron chi connectivity index (χ3n) is 2.31. The van der Waals surface area contributed by atoms with Gasteiger partial charge in [0.25, 0.3) is 0 Å². The minimum absolute atomic E-state index is 0.264. The summed E-state index contributed by atoms with van der Waals surface area (Å²) in [5.41, 5.74) is 0.924. The van der Waals surface area contributed by atoms with Crippen molar-refractivity contribution in [1.29, 1.82) is 0 Å². The van der Waals surface area contributed by atoms with Crippen molar-refractivity contribution in [3.05, 3.63) is 35.9 Å². The van der Waals surface area contributed by atoms with Crippen LogP contribution >= 0.6 is 11.6 Å². The van der Waals surface area contributed by atoms with E-state index in [-0.39, 0.29) is 5.38 Å². The highest BCUT2D eigenvalue weighted by Crippen LogP contribution is 2.32. The number of halogens is 1. The van der Waals surface area contributed by atoms with Gasteiger partial charge in [-0.3, -0.25) is 0 Å². The van der Waals surface area contributed by atoms with Crippen LogP contribution in [0.4, 0.5) is 0 Å². The molecule has 0 N–H and O–H groups in total. The van der Waals surface area contributed by atoms with Gasteiger partial charge >= 0.3 is 0 Å². The van der Waals surface area contributed by atoms with E-state index >= 15 is 0 Å². The topological polar surface area (TPSA) is 18.5 Å². The Kier molecular flexibility index (Phi) is 3.93. The molecular formula is C11H15ClO2. The summed E-state index contributed by atoms with van der Waals surface area (Å²) in [6.45, 7) is 1.85. The minimum atomic E-state index is -0.858. The number of rotatable bonds is 4. The highest BCUT2D eigenvalue weighted by Gasteiger charge is 2.37. The summed E-state index contributed by atoms with van der Waals surface area (Å²) in [5.74, 6) is -0.858. The molecule has 1 atom stereocenters. The zero-order valence-electron chi connectivity index (χ0n) is 8.66.